The van der Waals surface area contributed by atoms with E-state index in [4.69, 9.17) is 5.21 Å². The molecule has 0 aliphatic heterocycles. The van der Waals surface area contributed by atoms with Gasteiger partial charge in [-0.3, -0.25) is 10.0 Å². The molecular weight excluding hydrogens is 323 g/mol. The SMILES string of the molecule is O=C(CCCCCCN(c1ccccn1)c1cc(CF)ccn1)NO. The molecule has 2 aromatic heterocycles. The molecule has 2 rings (SSSR count). The number of carbonyl (C=O) groups excluding carboxylic acids is 1. The number of alkyl halides is 1. The topological polar surface area (TPSA) is 78.4 Å². The molecule has 0 atom stereocenters. The van der Waals surface area contributed by atoms with Crippen molar-refractivity contribution in [3.8, 4) is 0 Å². The van der Waals surface area contributed by atoms with Crippen molar-refractivity contribution in [2.45, 2.75) is 38.8 Å². The number of nitrogens with one attached hydrogen (secondary N) is 1. The van der Waals surface area contributed by atoms with Crippen molar-refractivity contribution < 1.29 is 14.4 Å². The maximum atomic E-state index is 12.9. The van der Waals surface area contributed by atoms with Crippen LogP contribution in [0.5, 0.6) is 0 Å². The lowest BCUT2D eigenvalue weighted by atomic mass is 10.1. The van der Waals surface area contributed by atoms with E-state index in [9.17, 15) is 9.18 Å². The van der Waals surface area contributed by atoms with Crippen molar-refractivity contribution in [2.24, 2.45) is 0 Å². The van der Waals surface area contributed by atoms with Crippen LogP contribution in [0.1, 0.15) is 37.7 Å². The maximum Gasteiger partial charge on any atom is 0.243 e. The van der Waals surface area contributed by atoms with Crippen molar-refractivity contribution in [3.05, 3.63) is 48.3 Å². The Morgan fingerprint density at radius 1 is 1.08 bits per heavy atom. The summed E-state index contributed by atoms with van der Waals surface area (Å²) in [5.74, 6) is 1.08. The van der Waals surface area contributed by atoms with Crippen molar-refractivity contribution in [1.29, 1.82) is 0 Å². The standard InChI is InChI=1S/C18H23FN4O2/c19-14-15-9-11-21-17(13-15)23(16-7-4-5-10-20-16)12-6-2-1-3-8-18(24)22-25/h4-5,7,9-11,13,25H,1-3,6,8,12,14H2,(H,22,24). The van der Waals surface area contributed by atoms with Crippen LogP contribution in [0, 0.1) is 0 Å². The quantitative estimate of drug-likeness (QED) is 0.391. The summed E-state index contributed by atoms with van der Waals surface area (Å²) in [6, 6.07) is 9.04. The summed E-state index contributed by atoms with van der Waals surface area (Å²) in [7, 11) is 0. The Morgan fingerprint density at radius 2 is 1.88 bits per heavy atom. The van der Waals surface area contributed by atoms with Crippen LogP contribution in [0.2, 0.25) is 0 Å². The number of hydrogen-bond donors (Lipinski definition) is 2. The van der Waals surface area contributed by atoms with E-state index in [1.54, 1.807) is 30.0 Å². The van der Waals surface area contributed by atoms with E-state index < -0.39 is 6.67 Å². The van der Waals surface area contributed by atoms with Crippen LogP contribution in [0.25, 0.3) is 0 Å². The average molecular weight is 346 g/mol. The van der Waals surface area contributed by atoms with Crippen LogP contribution in [-0.4, -0.2) is 27.6 Å². The zero-order valence-corrected chi connectivity index (χ0v) is 14.1. The van der Waals surface area contributed by atoms with E-state index in [1.165, 1.54) is 0 Å². The number of aromatic nitrogens is 2. The van der Waals surface area contributed by atoms with Crippen LogP contribution in [0.3, 0.4) is 0 Å². The molecule has 134 valence electrons. The number of unbranched alkanes of at least 4 members (excludes halogenated alkanes) is 3. The first-order valence-electron chi connectivity index (χ1n) is 8.37. The predicted molar refractivity (Wildman–Crippen MR) is 93.3 cm³/mol. The molecule has 0 aliphatic carbocycles. The van der Waals surface area contributed by atoms with Crippen LogP contribution in [0.4, 0.5) is 16.0 Å². The van der Waals surface area contributed by atoms with Gasteiger partial charge >= 0.3 is 0 Å². The highest BCUT2D eigenvalue weighted by Gasteiger charge is 2.12. The highest BCUT2D eigenvalue weighted by atomic mass is 19.1. The van der Waals surface area contributed by atoms with E-state index in [-0.39, 0.29) is 5.91 Å². The minimum absolute atomic E-state index is 0.320. The van der Waals surface area contributed by atoms with Crippen molar-refractivity contribution in [1.82, 2.24) is 15.4 Å². The fraction of sp³-hybridized carbons (Fsp3) is 0.389. The van der Waals surface area contributed by atoms with E-state index in [1.807, 2.05) is 23.1 Å². The molecule has 2 heterocycles. The van der Waals surface area contributed by atoms with Gasteiger partial charge in [0.15, 0.2) is 0 Å². The average Bonchev–Trinajstić information content (AvgIpc) is 2.67. The van der Waals surface area contributed by atoms with Gasteiger partial charge < -0.3 is 4.90 Å². The minimum Gasteiger partial charge on any atom is -0.311 e. The Hall–Kier alpha value is -2.54. The summed E-state index contributed by atoms with van der Waals surface area (Å²) in [4.78, 5) is 21.7. The van der Waals surface area contributed by atoms with Crippen LogP contribution in [-0.2, 0) is 11.5 Å². The first kappa shape index (κ1) is 18.8. The molecule has 25 heavy (non-hydrogen) atoms. The number of halogens is 1. The van der Waals surface area contributed by atoms with Gasteiger partial charge in [0.2, 0.25) is 5.91 Å². The molecule has 0 saturated heterocycles. The molecule has 0 spiro atoms. The summed E-state index contributed by atoms with van der Waals surface area (Å²) in [5.41, 5.74) is 2.22. The number of pyridine rings is 2. The molecule has 0 bridgehead atoms. The molecular formula is C18H23FN4O2. The monoisotopic (exact) mass is 346 g/mol. The second kappa shape index (κ2) is 10.4. The molecule has 0 saturated carbocycles. The van der Waals surface area contributed by atoms with Gasteiger partial charge in [0.25, 0.3) is 0 Å². The van der Waals surface area contributed by atoms with Crippen LogP contribution < -0.4 is 10.4 Å². The number of rotatable bonds is 10. The summed E-state index contributed by atoms with van der Waals surface area (Å²) in [5, 5.41) is 8.46. The summed E-state index contributed by atoms with van der Waals surface area (Å²) >= 11 is 0. The highest BCUT2D eigenvalue weighted by molar-refractivity contribution is 5.74. The van der Waals surface area contributed by atoms with Gasteiger partial charge in [-0.1, -0.05) is 18.9 Å². The van der Waals surface area contributed by atoms with Crippen molar-refractivity contribution in [3.63, 3.8) is 0 Å². The fourth-order valence-electron chi connectivity index (χ4n) is 2.52. The molecule has 2 aromatic rings. The molecule has 0 radical (unpaired) electrons. The van der Waals surface area contributed by atoms with E-state index >= 15 is 0 Å². The molecule has 6 nitrogen and oxygen atoms in total. The summed E-state index contributed by atoms with van der Waals surface area (Å²) < 4.78 is 12.9. The molecule has 0 unspecified atom stereocenters. The maximum absolute atomic E-state index is 12.9. The van der Waals surface area contributed by atoms with Gasteiger partial charge in [-0.2, -0.15) is 0 Å². The van der Waals surface area contributed by atoms with Gasteiger partial charge in [0.1, 0.15) is 18.3 Å². The van der Waals surface area contributed by atoms with Crippen LogP contribution in [0.15, 0.2) is 42.7 Å². The Balaban J connectivity index is 1.95. The molecule has 0 aliphatic rings. The Morgan fingerprint density at radius 3 is 2.60 bits per heavy atom. The zero-order valence-electron chi connectivity index (χ0n) is 14.1. The third-order valence-electron chi connectivity index (χ3n) is 3.83. The number of hydroxylamine groups is 1. The zero-order chi connectivity index (χ0) is 17.9. The smallest absolute Gasteiger partial charge is 0.243 e. The highest BCUT2D eigenvalue weighted by Crippen LogP contribution is 2.23. The normalized spacial score (nSPS) is 10.5. The summed E-state index contributed by atoms with van der Waals surface area (Å²) in [6.07, 6.45) is 7.08. The third-order valence-corrected chi connectivity index (χ3v) is 3.83. The molecule has 0 aromatic carbocycles. The van der Waals surface area contributed by atoms with Crippen LogP contribution >= 0.6 is 0 Å². The first-order chi connectivity index (χ1) is 12.2. The van der Waals surface area contributed by atoms with E-state index in [0.717, 1.165) is 31.5 Å². The number of hydrogen-bond acceptors (Lipinski definition) is 5. The lowest BCUT2D eigenvalue weighted by Gasteiger charge is -2.23. The Kier molecular flexibility index (Phi) is 7.78. The molecule has 7 heteroatoms. The van der Waals surface area contributed by atoms with Gasteiger partial charge in [0.05, 0.1) is 0 Å². The third kappa shape index (κ3) is 6.11. The number of amides is 1. The molecule has 0 fully saturated rings. The predicted octanol–water partition coefficient (Wildman–Crippen LogP) is 3.54. The first-order valence-corrected chi connectivity index (χ1v) is 8.37. The van der Waals surface area contributed by atoms with Gasteiger partial charge in [0, 0.05) is 25.4 Å². The summed E-state index contributed by atoms with van der Waals surface area (Å²) in [6.45, 7) is 0.171. The van der Waals surface area contributed by atoms with Crippen molar-refractivity contribution >= 4 is 17.5 Å². The second-order valence-electron chi connectivity index (χ2n) is 5.69. The molecule has 2 N–H and O–H groups in total. The Labute approximate surface area is 146 Å². The van der Waals surface area contributed by atoms with Gasteiger partial charge in [-0.15, -0.1) is 0 Å². The van der Waals surface area contributed by atoms with Gasteiger partial charge in [-0.25, -0.2) is 19.8 Å². The second-order valence-corrected chi connectivity index (χ2v) is 5.69. The molecule has 1 amide bonds. The van der Waals surface area contributed by atoms with E-state index in [2.05, 4.69) is 9.97 Å². The number of nitrogens with zero attached hydrogens (tertiary/aromatic N) is 3. The van der Waals surface area contributed by atoms with Crippen molar-refractivity contribution in [2.75, 3.05) is 11.4 Å². The Bertz CT molecular complexity index is 655. The fourth-order valence-corrected chi connectivity index (χ4v) is 2.52. The number of anilines is 2. The van der Waals surface area contributed by atoms with Gasteiger partial charge in [-0.05, 0) is 42.7 Å². The number of carbonyl (C=O) groups is 1. The minimum atomic E-state index is -0.529. The lowest BCUT2D eigenvalue weighted by Crippen LogP contribution is -2.21. The largest absolute Gasteiger partial charge is 0.311 e. The van der Waals surface area contributed by atoms with E-state index in [0.29, 0.717) is 24.3 Å². The lowest BCUT2D eigenvalue weighted by molar-refractivity contribution is -0.129.